The maximum atomic E-state index is 6.99. The molecule has 0 amide bonds. The molecule has 0 fully saturated rings. The largest absolute Gasteiger partial charge is 0.503 e. The number of rotatable bonds is 9. The van der Waals surface area contributed by atoms with Gasteiger partial charge in [0.2, 0.25) is 11.4 Å². The van der Waals surface area contributed by atoms with Crippen LogP contribution in [0.3, 0.4) is 0 Å². The van der Waals surface area contributed by atoms with Gasteiger partial charge in [-0.25, -0.2) is 4.98 Å². The van der Waals surface area contributed by atoms with Gasteiger partial charge in [-0.1, -0.05) is 204 Å². The van der Waals surface area contributed by atoms with Crippen LogP contribution in [0.25, 0.3) is 27.6 Å². The van der Waals surface area contributed by atoms with Crippen LogP contribution in [0, 0.1) is 0 Å². The van der Waals surface area contributed by atoms with Crippen molar-refractivity contribution in [1.29, 1.82) is 0 Å². The molecule has 3 heterocycles. The van der Waals surface area contributed by atoms with E-state index < -0.39 is 8.07 Å². The number of hydrogen-bond donors (Lipinski definition) is 0. The Morgan fingerprint density at radius 1 is 0.421 bits per heavy atom. The Labute approximate surface area is 451 Å². The molecule has 10 aromatic rings. The Balaban J connectivity index is 1.12. The summed E-state index contributed by atoms with van der Waals surface area (Å²) in [4.78, 5) is 5.00. The summed E-state index contributed by atoms with van der Waals surface area (Å²) >= 11 is 0. The Kier molecular flexibility index (Phi) is 12.4. The summed E-state index contributed by atoms with van der Waals surface area (Å²) in [6.45, 7) is 27.5. The minimum absolute atomic E-state index is 0.00697. The summed E-state index contributed by atoms with van der Waals surface area (Å²) in [6.07, 6.45) is 1.94. The van der Waals surface area contributed by atoms with Crippen molar-refractivity contribution in [2.24, 2.45) is 0 Å². The molecule has 378 valence electrons. The maximum absolute atomic E-state index is 6.99. The lowest BCUT2D eigenvalue weighted by molar-refractivity contribution is 0.483. The van der Waals surface area contributed by atoms with Gasteiger partial charge in [0.05, 0.1) is 17.1 Å². The van der Waals surface area contributed by atoms with E-state index in [1.807, 2.05) is 6.20 Å². The zero-order valence-electron chi connectivity index (χ0n) is 46.3. The Hall–Kier alpha value is -7.89. The van der Waals surface area contributed by atoms with E-state index in [0.29, 0.717) is 0 Å². The van der Waals surface area contributed by atoms with E-state index in [4.69, 9.17) is 9.72 Å². The molecule has 76 heavy (non-hydrogen) atoms. The second-order valence-electron chi connectivity index (χ2n) is 24.8. The highest BCUT2D eigenvalue weighted by atomic mass is 28.3. The van der Waals surface area contributed by atoms with E-state index in [0.717, 1.165) is 56.5 Å². The van der Waals surface area contributed by atoms with E-state index in [1.165, 1.54) is 48.4 Å². The fraction of sp³-hybridized carbons (Fsp3) is 0.229. The number of para-hydroxylation sites is 1. The second-order valence-corrected chi connectivity index (χ2v) is 28.6. The molecule has 0 N–H and O–H groups in total. The van der Waals surface area contributed by atoms with Crippen molar-refractivity contribution in [1.82, 2.24) is 18.7 Å². The number of nitrogens with zero attached hydrogens (tertiary/aromatic N) is 4. The summed E-state index contributed by atoms with van der Waals surface area (Å²) < 4.78 is 13.9. The standard InChI is InChI=1S/C70H70N4OSi/c1-67(2,3)48-34-37-61-60(43-48)59-36-35-55(46-63(59)74(61)65-44-49(38-39-71-65)68(4,5)6)75-54-25-22-24-52(45-54)72-47-73(53-41-50(69(7,8)9)40-51(42-53)70(10,11)12)66-62(72)32-23-33-64(66)76(56-26-16-13-17-27-56,57-28-18-14-19-29-57)58-30-20-15-21-31-58/h13-46H,1-12H3/q+2. The number of hydrogen-bond acceptors (Lipinski definition) is 2. The monoisotopic (exact) mass is 1010 g/mol. The van der Waals surface area contributed by atoms with Crippen molar-refractivity contribution in [3.8, 4) is 17.3 Å². The highest BCUT2D eigenvalue weighted by molar-refractivity contribution is 7.20. The molecule has 11 rings (SSSR count). The fourth-order valence-electron chi connectivity index (χ4n) is 11.1. The van der Waals surface area contributed by atoms with Crippen molar-refractivity contribution in [2.75, 3.05) is 0 Å². The minimum atomic E-state index is -3.05. The van der Waals surface area contributed by atoms with Gasteiger partial charge in [0.15, 0.2) is 8.07 Å². The minimum Gasteiger partial charge on any atom is -0.457 e. The molecule has 0 saturated heterocycles. The summed E-state index contributed by atoms with van der Waals surface area (Å²) in [7, 11) is -3.05. The van der Waals surface area contributed by atoms with Crippen LogP contribution in [0.4, 0.5) is 22.7 Å². The number of aromatic nitrogens is 2. The molecule has 0 saturated carbocycles. The molecule has 0 aliphatic carbocycles. The third-order valence-corrected chi connectivity index (χ3v) is 20.2. The molecule has 6 heteroatoms. The van der Waals surface area contributed by atoms with Crippen molar-refractivity contribution in [3.05, 3.63) is 229 Å². The maximum Gasteiger partial charge on any atom is 0.503 e. The van der Waals surface area contributed by atoms with Crippen LogP contribution in [-0.2, 0) is 21.7 Å². The molecule has 5 nitrogen and oxygen atoms in total. The lowest BCUT2D eigenvalue weighted by atomic mass is 9.80. The first-order chi connectivity index (χ1) is 36.2. The molecule has 2 aromatic heterocycles. The lowest BCUT2D eigenvalue weighted by Crippen LogP contribution is -2.75. The average Bonchev–Trinajstić information content (AvgIpc) is 4.03. The second kappa shape index (κ2) is 18.7. The first-order valence-corrected chi connectivity index (χ1v) is 28.9. The van der Waals surface area contributed by atoms with Crippen LogP contribution in [0.2, 0.25) is 0 Å². The van der Waals surface area contributed by atoms with Crippen molar-refractivity contribution in [2.45, 2.75) is 105 Å². The lowest BCUT2D eigenvalue weighted by Gasteiger charge is -2.33. The van der Waals surface area contributed by atoms with Crippen LogP contribution in [0.1, 0.15) is 105 Å². The smallest absolute Gasteiger partial charge is 0.457 e. The molecule has 1 aliphatic rings. The van der Waals surface area contributed by atoms with Crippen LogP contribution >= 0.6 is 0 Å². The first-order valence-electron chi connectivity index (χ1n) is 26.9. The van der Waals surface area contributed by atoms with Gasteiger partial charge in [-0.3, -0.25) is 4.57 Å². The third kappa shape index (κ3) is 9.04. The highest BCUT2D eigenvalue weighted by Gasteiger charge is 2.50. The van der Waals surface area contributed by atoms with Crippen LogP contribution in [0.5, 0.6) is 11.5 Å². The predicted molar refractivity (Wildman–Crippen MR) is 324 cm³/mol. The average molecular weight is 1010 g/mol. The zero-order chi connectivity index (χ0) is 53.4. The van der Waals surface area contributed by atoms with Crippen molar-refractivity contribution < 1.29 is 4.74 Å². The van der Waals surface area contributed by atoms with E-state index in [-0.39, 0.29) is 21.7 Å². The van der Waals surface area contributed by atoms with Gasteiger partial charge in [-0.05, 0) is 111 Å². The normalized spacial score (nSPS) is 13.2. The molecule has 1 aliphatic heterocycles. The van der Waals surface area contributed by atoms with Crippen LogP contribution in [0.15, 0.2) is 206 Å². The topological polar surface area (TPSA) is 33.1 Å². The van der Waals surface area contributed by atoms with Crippen LogP contribution in [-0.4, -0.2) is 23.6 Å². The zero-order valence-corrected chi connectivity index (χ0v) is 47.3. The van der Waals surface area contributed by atoms with E-state index in [9.17, 15) is 0 Å². The molecule has 8 aromatic carbocycles. The molecule has 0 atom stereocenters. The van der Waals surface area contributed by atoms with Gasteiger partial charge in [-0.2, -0.15) is 0 Å². The summed E-state index contributed by atoms with van der Waals surface area (Å²) in [5.74, 6) is 2.36. The summed E-state index contributed by atoms with van der Waals surface area (Å²) in [5.41, 5.74) is 11.2. The van der Waals surface area contributed by atoms with Gasteiger partial charge in [-0.15, -0.1) is 0 Å². The van der Waals surface area contributed by atoms with Crippen molar-refractivity contribution >= 4 is 79.4 Å². The van der Waals surface area contributed by atoms with Gasteiger partial charge >= 0.3 is 6.01 Å². The van der Waals surface area contributed by atoms with E-state index in [1.54, 1.807) is 0 Å². The number of fused-ring (bicyclic) bond motifs is 4. The van der Waals surface area contributed by atoms with Gasteiger partial charge in [0.25, 0.3) is 11.4 Å². The first kappa shape index (κ1) is 50.3. The molecule has 0 radical (unpaired) electrons. The van der Waals surface area contributed by atoms with Gasteiger partial charge in [0.1, 0.15) is 17.3 Å². The molecule has 0 spiro atoms. The number of benzene rings is 8. The quantitative estimate of drug-likeness (QED) is 0.0820. The third-order valence-electron chi connectivity index (χ3n) is 15.4. The van der Waals surface area contributed by atoms with E-state index in [2.05, 4.69) is 303 Å². The molecule has 0 bridgehead atoms. The fourth-order valence-corrected chi connectivity index (χ4v) is 16.0. The predicted octanol–water partition coefficient (Wildman–Crippen LogP) is 15.4. The SMILES string of the molecule is CC(C)(C)c1cc([N+]2=C=[N+](c3cccc(Oc4ccc5c6cc(C(C)(C)C)ccc6n(-c6cc(C(C)(C)C)ccn6)c5c4)c3)c3cccc([Si](c4ccccc4)(c4ccccc4)c4ccccc4)c32)cc(C(C)(C)C)c1. The molecular formula is C70H70N4OSi+2. The van der Waals surface area contributed by atoms with E-state index >= 15 is 0 Å². The summed E-state index contributed by atoms with van der Waals surface area (Å²) in [5, 5.41) is 7.59. The number of ether oxygens (including phenoxy) is 1. The molecular weight excluding hydrogens is 941 g/mol. The Bertz CT molecular complexity index is 3780. The van der Waals surface area contributed by atoms with Crippen LogP contribution < -0.4 is 34.6 Å². The summed E-state index contributed by atoms with van der Waals surface area (Å²) in [6, 6.07) is 78.0. The van der Waals surface area contributed by atoms with Gasteiger partial charge in [0, 0.05) is 52.5 Å². The Morgan fingerprint density at radius 3 is 1.55 bits per heavy atom. The highest BCUT2D eigenvalue weighted by Crippen LogP contribution is 2.42. The van der Waals surface area contributed by atoms with Gasteiger partial charge < -0.3 is 4.74 Å². The number of pyridine rings is 1. The van der Waals surface area contributed by atoms with Crippen molar-refractivity contribution in [3.63, 3.8) is 0 Å². The Morgan fingerprint density at radius 2 is 0.974 bits per heavy atom. The molecule has 0 unspecified atom stereocenters.